The van der Waals surface area contributed by atoms with E-state index in [4.69, 9.17) is 21.3 Å². The van der Waals surface area contributed by atoms with Crippen LogP contribution in [0.25, 0.3) is 5.69 Å². The van der Waals surface area contributed by atoms with Crippen LogP contribution in [0.2, 0.25) is 5.15 Å². The van der Waals surface area contributed by atoms with Crippen LogP contribution in [0.5, 0.6) is 5.75 Å². The number of nitrogens with one attached hydrogen (secondary N) is 2. The summed E-state index contributed by atoms with van der Waals surface area (Å²) in [6, 6.07) is 9.21. The third-order valence-corrected chi connectivity index (χ3v) is 6.09. The molecule has 1 atom stereocenters. The molecule has 0 bridgehead atoms. The second-order valence-electron chi connectivity index (χ2n) is 7.88. The van der Waals surface area contributed by atoms with Crippen molar-refractivity contribution in [3.63, 3.8) is 0 Å². The highest BCUT2D eigenvalue weighted by atomic mass is 35.5. The highest BCUT2D eigenvalue weighted by molar-refractivity contribution is 6.29. The summed E-state index contributed by atoms with van der Waals surface area (Å²) in [7, 11) is 3.36. The number of anilines is 3. The summed E-state index contributed by atoms with van der Waals surface area (Å²) in [5.41, 5.74) is 3.56. The standard InChI is InChI=1S/C24H21ClF2N6O/c1-28-23-17-7-6-16(15-5-3-13(26)9-18(15)27)22(17)31-24(32-23)30-14-4-8-19(20(10-14)34-2)33-11-21(25)29-12-33/h3-5,8-12,16H,6-7H2,1-2H3,(H2,28,30,31,32). The summed E-state index contributed by atoms with van der Waals surface area (Å²) in [5, 5.41) is 6.71. The van der Waals surface area contributed by atoms with Gasteiger partial charge in [0.2, 0.25) is 5.95 Å². The fourth-order valence-electron chi connectivity index (χ4n) is 4.34. The van der Waals surface area contributed by atoms with E-state index in [-0.39, 0.29) is 5.92 Å². The normalized spacial score (nSPS) is 14.7. The molecule has 34 heavy (non-hydrogen) atoms. The van der Waals surface area contributed by atoms with Crippen molar-refractivity contribution in [2.75, 3.05) is 24.8 Å². The van der Waals surface area contributed by atoms with Gasteiger partial charge in [-0.25, -0.2) is 18.7 Å². The first-order valence-electron chi connectivity index (χ1n) is 10.6. The minimum absolute atomic E-state index is 0.283. The highest BCUT2D eigenvalue weighted by Gasteiger charge is 2.31. The van der Waals surface area contributed by atoms with Crippen LogP contribution in [0.4, 0.5) is 26.2 Å². The number of benzene rings is 2. The fraction of sp³-hybridized carbons (Fsp3) is 0.208. The monoisotopic (exact) mass is 482 g/mol. The smallest absolute Gasteiger partial charge is 0.229 e. The molecule has 1 aliphatic carbocycles. The second-order valence-corrected chi connectivity index (χ2v) is 8.27. The molecule has 4 aromatic rings. The molecule has 0 saturated carbocycles. The maximum atomic E-state index is 14.5. The van der Waals surface area contributed by atoms with Crippen LogP contribution >= 0.6 is 11.6 Å². The topological polar surface area (TPSA) is 76.9 Å². The lowest BCUT2D eigenvalue weighted by Gasteiger charge is -2.16. The highest BCUT2D eigenvalue weighted by Crippen LogP contribution is 2.41. The van der Waals surface area contributed by atoms with E-state index in [9.17, 15) is 8.78 Å². The van der Waals surface area contributed by atoms with Gasteiger partial charge in [0, 0.05) is 42.5 Å². The zero-order valence-corrected chi connectivity index (χ0v) is 19.2. The lowest BCUT2D eigenvalue weighted by atomic mass is 9.96. The molecular weight excluding hydrogens is 462 g/mol. The molecule has 2 N–H and O–H groups in total. The molecule has 1 unspecified atom stereocenters. The molecule has 10 heteroatoms. The van der Waals surface area contributed by atoms with Gasteiger partial charge < -0.3 is 19.9 Å². The van der Waals surface area contributed by atoms with E-state index in [1.54, 1.807) is 31.2 Å². The minimum Gasteiger partial charge on any atom is -0.494 e. The average molecular weight is 483 g/mol. The molecule has 174 valence electrons. The van der Waals surface area contributed by atoms with Gasteiger partial charge in [-0.15, -0.1) is 0 Å². The van der Waals surface area contributed by atoms with Crippen molar-refractivity contribution in [2.45, 2.75) is 18.8 Å². The SMILES string of the molecule is CNc1nc(Nc2ccc(-n3cnc(Cl)c3)c(OC)c2)nc2c1CCC2c1ccc(F)cc1F. The number of methoxy groups -OCH3 is 1. The number of aromatic nitrogens is 4. The van der Waals surface area contributed by atoms with Crippen molar-refractivity contribution < 1.29 is 13.5 Å². The number of imidazole rings is 1. The van der Waals surface area contributed by atoms with Crippen LogP contribution in [-0.4, -0.2) is 33.7 Å². The van der Waals surface area contributed by atoms with Crippen molar-refractivity contribution in [2.24, 2.45) is 0 Å². The number of hydrogen-bond donors (Lipinski definition) is 2. The number of hydrogen-bond acceptors (Lipinski definition) is 6. The van der Waals surface area contributed by atoms with Crippen molar-refractivity contribution >= 4 is 29.1 Å². The Balaban J connectivity index is 1.50. The van der Waals surface area contributed by atoms with Crippen LogP contribution in [0.15, 0.2) is 48.9 Å². The van der Waals surface area contributed by atoms with E-state index in [1.807, 2.05) is 18.2 Å². The van der Waals surface area contributed by atoms with Gasteiger partial charge in [-0.05, 0) is 36.6 Å². The van der Waals surface area contributed by atoms with Crippen molar-refractivity contribution in [1.29, 1.82) is 0 Å². The summed E-state index contributed by atoms with van der Waals surface area (Å²) in [6.07, 6.45) is 4.65. The van der Waals surface area contributed by atoms with Crippen LogP contribution < -0.4 is 15.4 Å². The molecule has 0 amide bonds. The largest absolute Gasteiger partial charge is 0.494 e. The summed E-state index contributed by atoms with van der Waals surface area (Å²) < 4.78 is 35.3. The predicted octanol–water partition coefficient (Wildman–Crippen LogP) is 5.47. The second kappa shape index (κ2) is 8.90. The first kappa shape index (κ1) is 22.1. The Bertz CT molecular complexity index is 1380. The van der Waals surface area contributed by atoms with Gasteiger partial charge in [0.1, 0.15) is 34.7 Å². The average Bonchev–Trinajstić information content (AvgIpc) is 3.45. The Labute approximate surface area is 199 Å². The molecule has 0 saturated heterocycles. The zero-order chi connectivity index (χ0) is 23.8. The summed E-state index contributed by atoms with van der Waals surface area (Å²) >= 11 is 5.94. The van der Waals surface area contributed by atoms with E-state index in [1.165, 1.54) is 12.1 Å². The van der Waals surface area contributed by atoms with E-state index >= 15 is 0 Å². The van der Waals surface area contributed by atoms with E-state index in [0.29, 0.717) is 46.8 Å². The van der Waals surface area contributed by atoms with E-state index < -0.39 is 11.6 Å². The Morgan fingerprint density at radius 2 is 2.00 bits per heavy atom. The summed E-state index contributed by atoms with van der Waals surface area (Å²) in [6.45, 7) is 0. The van der Waals surface area contributed by atoms with Gasteiger partial charge in [-0.3, -0.25) is 0 Å². The Kier molecular flexibility index (Phi) is 5.79. The zero-order valence-electron chi connectivity index (χ0n) is 18.4. The lowest BCUT2D eigenvalue weighted by Crippen LogP contribution is -2.09. The van der Waals surface area contributed by atoms with Gasteiger partial charge in [0.15, 0.2) is 0 Å². The number of nitrogens with zero attached hydrogens (tertiary/aromatic N) is 4. The van der Waals surface area contributed by atoms with Gasteiger partial charge in [-0.1, -0.05) is 17.7 Å². The predicted molar refractivity (Wildman–Crippen MR) is 127 cm³/mol. The molecule has 2 aromatic heterocycles. The van der Waals surface area contributed by atoms with Crippen LogP contribution in [-0.2, 0) is 6.42 Å². The molecule has 2 heterocycles. The van der Waals surface area contributed by atoms with E-state index in [2.05, 4.69) is 20.6 Å². The van der Waals surface area contributed by atoms with Crippen molar-refractivity contribution in [1.82, 2.24) is 19.5 Å². The number of ether oxygens (including phenoxy) is 1. The fourth-order valence-corrected chi connectivity index (χ4v) is 4.49. The molecule has 0 fully saturated rings. The van der Waals surface area contributed by atoms with Crippen LogP contribution in [0.3, 0.4) is 0 Å². The maximum Gasteiger partial charge on any atom is 0.229 e. The quantitative estimate of drug-likeness (QED) is 0.380. The third-order valence-electron chi connectivity index (χ3n) is 5.89. The third kappa shape index (κ3) is 4.03. The lowest BCUT2D eigenvalue weighted by molar-refractivity contribution is 0.413. The Morgan fingerprint density at radius 1 is 1.15 bits per heavy atom. The van der Waals surface area contributed by atoms with Crippen LogP contribution in [0.1, 0.15) is 29.2 Å². The molecular formula is C24H21ClF2N6O. The molecule has 5 rings (SSSR count). The van der Waals surface area contributed by atoms with Crippen LogP contribution in [0, 0.1) is 11.6 Å². The molecule has 0 radical (unpaired) electrons. The Hall–Kier alpha value is -3.72. The molecule has 2 aromatic carbocycles. The Morgan fingerprint density at radius 3 is 2.71 bits per heavy atom. The number of rotatable bonds is 6. The molecule has 0 spiro atoms. The maximum absolute atomic E-state index is 14.5. The number of fused-ring (bicyclic) bond motifs is 1. The van der Waals surface area contributed by atoms with Gasteiger partial charge in [-0.2, -0.15) is 4.98 Å². The minimum atomic E-state index is -0.601. The molecule has 0 aliphatic heterocycles. The first-order valence-corrected chi connectivity index (χ1v) is 11.0. The van der Waals surface area contributed by atoms with E-state index in [0.717, 1.165) is 23.0 Å². The van der Waals surface area contributed by atoms with Gasteiger partial charge in [0.05, 0.1) is 18.5 Å². The first-order chi connectivity index (χ1) is 16.5. The van der Waals surface area contributed by atoms with Crippen molar-refractivity contribution in [3.05, 3.63) is 82.5 Å². The molecule has 7 nitrogen and oxygen atoms in total. The number of halogens is 3. The van der Waals surface area contributed by atoms with Gasteiger partial charge >= 0.3 is 0 Å². The van der Waals surface area contributed by atoms with Gasteiger partial charge in [0.25, 0.3) is 0 Å². The summed E-state index contributed by atoms with van der Waals surface area (Å²) in [5.74, 6) is 0.175. The van der Waals surface area contributed by atoms with Crippen molar-refractivity contribution in [3.8, 4) is 11.4 Å². The summed E-state index contributed by atoms with van der Waals surface area (Å²) in [4.78, 5) is 13.4. The molecule has 1 aliphatic rings.